The summed E-state index contributed by atoms with van der Waals surface area (Å²) in [6, 6.07) is 0. The van der Waals surface area contributed by atoms with Gasteiger partial charge in [-0.05, 0) is 355 Å². The van der Waals surface area contributed by atoms with E-state index in [1.165, 1.54) is 244 Å². The standard InChI is InChI=1S/C34H65N3O3.C28H50.C27H48O.C9H20.C6H14.C4H9N3.C4H10.C2H6/c1-5-6-10-24(2)27-11-12-28-32-29(23-31(34(27,28)4)40-20-9-17-37)33(3)14-13-26(38-18-7-15-35)21-25(33)22-30(32)39-19-8-16-36;1-8-9-10-19(3)23-11-12-24-26-20(4)16-22-15-18(2)13-14-27(22,6)25(26)17-21(5)28(23,24)7;1-17-11-12-26(5)21(14-17)15-19(3)25-23-10-9-22(18(2)8-7-13-28)27(23,6)20(4)16-24(25)26;1-3-5-7-9-8-6-4-2;1-3-5-6-4-2;1-2-3-4-6-7-5;1-3-4-2;1-2/h24-32H,5-23,35-37H2,1-4H3;18-26H,8-17H2,1-7H3;17-25,28H,7-16H2,1-6H3;3-9H2,1-2H3;3-6H2,1-2H3;2-4H2,1H3;3-4H2,1-2H3;1-2H3/t24-,25+,26-,27-,28+,29+,30-,31+,32+,33+,34-;18-,19-,20-,21+,22+,23-,24+,25+,26+,27+,28-;17-,18-,19-,20+,21+,22-,23+,24+,25+,26+,27-;;;;;/m111...../s1. The molecule has 12 aliphatic carbocycles. The van der Waals surface area contributed by atoms with Crippen LogP contribution in [-0.2, 0) is 14.2 Å². The quantitative estimate of drug-likeness (QED) is 0.0207. The van der Waals surface area contributed by atoms with E-state index in [1.54, 1.807) is 19.3 Å². The summed E-state index contributed by atoms with van der Waals surface area (Å²) >= 11 is 0. The van der Waals surface area contributed by atoms with Crippen molar-refractivity contribution in [2.45, 2.75) is 500 Å². The predicted octanol–water partition coefficient (Wildman–Crippen LogP) is 32.9. The number of unbranched alkanes of at least 4 members (excludes halogenated alkanes) is 13. The highest BCUT2D eigenvalue weighted by atomic mass is 16.5. The molecule has 12 saturated carbocycles. The second kappa shape index (κ2) is 57.7. The molecule has 0 spiro atoms. The lowest BCUT2D eigenvalue weighted by Gasteiger charge is -2.65. The highest BCUT2D eigenvalue weighted by Crippen LogP contribution is 2.75. The van der Waals surface area contributed by atoms with E-state index >= 15 is 0 Å². The maximum Gasteiger partial charge on any atom is 0.0637 e. The molecule has 12 fully saturated rings. The molecule has 10 heteroatoms. The minimum Gasteiger partial charge on any atom is -0.396 e. The minimum atomic E-state index is 0.212. The van der Waals surface area contributed by atoms with Crippen molar-refractivity contribution in [2.24, 2.45) is 197 Å². The van der Waals surface area contributed by atoms with Crippen molar-refractivity contribution in [1.82, 2.24) is 0 Å². The molecule has 0 bridgehead atoms. The van der Waals surface area contributed by atoms with Gasteiger partial charge in [-0.15, -0.1) is 0 Å². The zero-order chi connectivity index (χ0) is 92.0. The van der Waals surface area contributed by atoms with Gasteiger partial charge in [-0.1, -0.05) is 326 Å². The first kappa shape index (κ1) is 114. The Morgan fingerprint density at radius 3 is 1.14 bits per heavy atom. The summed E-state index contributed by atoms with van der Waals surface area (Å²) in [5.41, 5.74) is 28.3. The van der Waals surface area contributed by atoms with E-state index in [2.05, 4.69) is 176 Å². The molecule has 0 unspecified atom stereocenters. The molecule has 124 heavy (non-hydrogen) atoms. The Bertz CT molecular complexity index is 2690. The van der Waals surface area contributed by atoms with Crippen LogP contribution in [0.15, 0.2) is 5.11 Å². The van der Waals surface area contributed by atoms with E-state index < -0.39 is 0 Å². The maximum absolute atomic E-state index is 9.35. The fourth-order valence-electron chi connectivity index (χ4n) is 31.8. The Kier molecular flexibility index (Phi) is 52.8. The van der Waals surface area contributed by atoms with Gasteiger partial charge in [0.1, 0.15) is 0 Å². The Balaban J connectivity index is 0.000000289. The van der Waals surface area contributed by atoms with Crippen molar-refractivity contribution in [3.05, 3.63) is 10.4 Å². The number of fused-ring (bicyclic) bond motifs is 15. The first-order valence-corrected chi connectivity index (χ1v) is 56.0. The fourth-order valence-corrected chi connectivity index (χ4v) is 31.8. The van der Waals surface area contributed by atoms with Crippen LogP contribution >= 0.6 is 0 Å². The molecule has 0 aromatic rings. The molecule has 732 valence electrons. The van der Waals surface area contributed by atoms with Crippen molar-refractivity contribution in [3.8, 4) is 0 Å². The lowest BCUT2D eigenvalue weighted by Crippen LogP contribution is -2.63. The number of hydrogen-bond donors (Lipinski definition) is 4. The van der Waals surface area contributed by atoms with Gasteiger partial charge in [0.15, 0.2) is 0 Å². The third-order valence-corrected chi connectivity index (χ3v) is 39.4. The number of ether oxygens (including phenoxy) is 3. The normalized spacial score (nSPS) is 40.0. The average Bonchev–Trinajstić information content (AvgIpc) is 1.40. The van der Waals surface area contributed by atoms with Gasteiger partial charge in [0, 0.05) is 43.3 Å². The minimum absolute atomic E-state index is 0.212. The zero-order valence-corrected chi connectivity index (χ0v) is 88.2. The number of hydrogen-bond acceptors (Lipinski definition) is 8. The van der Waals surface area contributed by atoms with Crippen LogP contribution in [0.1, 0.15) is 482 Å². The predicted molar refractivity (Wildman–Crippen MR) is 540 cm³/mol. The molecule has 12 rings (SSSR count). The molecular weight excluding hydrogens is 1520 g/mol. The summed E-state index contributed by atoms with van der Waals surface area (Å²) in [6.45, 7) is 69.1. The van der Waals surface area contributed by atoms with Crippen LogP contribution in [0.3, 0.4) is 0 Å². The molecule has 0 aromatic carbocycles. The van der Waals surface area contributed by atoms with Crippen molar-refractivity contribution >= 4 is 0 Å². The van der Waals surface area contributed by atoms with Gasteiger partial charge in [0.25, 0.3) is 0 Å². The SMILES string of the molecule is CC.CCCC.CCCCCC.CCCCCCCCC.CCCCN=[N+]=[N-].CCCC[C@@H](C)[C@H]1CC[C@H]2[C@@H]3[C@H](C)C[C@@H]4C[C@H](C)CC[C@]4(C)[C@H]3C[C@H](C)[C@]12C.CCCC[C@@H](C)[C@H]1CC[C@H]2[C@@H]3[C@H](OCCCN)C[C@@H]4C[C@H](OCCCN)CC[C@]4(C)[C@H]3C[C@H](OCCCN)[C@]12C.C[C@@H]1CC[C@@]2(C)[C@@H](C1)C[C@@H](C)[C@@H]1[C@@H]2C[C@H](C)[C@]2(C)[C@@H]([C@H](C)CCCO)CC[C@@H]12. The summed E-state index contributed by atoms with van der Waals surface area (Å²) in [5.74, 6) is 21.2. The summed E-state index contributed by atoms with van der Waals surface area (Å²) in [6.07, 6.45) is 64.3. The molecular formula is C114H222N6O4. The zero-order valence-electron chi connectivity index (χ0n) is 88.2. The first-order chi connectivity index (χ1) is 59.5. The van der Waals surface area contributed by atoms with E-state index in [-0.39, 0.29) is 5.41 Å². The van der Waals surface area contributed by atoms with Gasteiger partial charge < -0.3 is 36.5 Å². The van der Waals surface area contributed by atoms with E-state index in [9.17, 15) is 5.11 Å². The Hall–Kier alpha value is -0.970. The van der Waals surface area contributed by atoms with Crippen LogP contribution in [0.25, 0.3) is 10.4 Å². The molecule has 33 atom stereocenters. The lowest BCUT2D eigenvalue weighted by molar-refractivity contribution is -0.227. The number of nitrogens with zero attached hydrogens (tertiary/aromatic N) is 3. The largest absolute Gasteiger partial charge is 0.396 e. The van der Waals surface area contributed by atoms with Gasteiger partial charge in [0.05, 0.1) is 18.3 Å². The Morgan fingerprint density at radius 1 is 0.371 bits per heavy atom. The third-order valence-electron chi connectivity index (χ3n) is 39.4. The monoisotopic (exact) mass is 1740 g/mol. The molecule has 0 aromatic heterocycles. The molecule has 12 aliphatic rings. The summed E-state index contributed by atoms with van der Waals surface area (Å²) < 4.78 is 20.2. The Morgan fingerprint density at radius 2 is 0.734 bits per heavy atom. The van der Waals surface area contributed by atoms with Gasteiger partial charge in [-0.2, -0.15) is 0 Å². The molecule has 0 heterocycles. The maximum atomic E-state index is 9.35. The molecule has 0 radical (unpaired) electrons. The highest BCUT2D eigenvalue weighted by molar-refractivity contribution is 5.18. The van der Waals surface area contributed by atoms with Gasteiger partial charge in [-0.25, -0.2) is 0 Å². The van der Waals surface area contributed by atoms with Gasteiger partial charge >= 0.3 is 0 Å². The summed E-state index contributed by atoms with van der Waals surface area (Å²) in [7, 11) is 0. The summed E-state index contributed by atoms with van der Waals surface area (Å²) in [5, 5.41) is 12.7. The lowest BCUT2D eigenvalue weighted by atomic mass is 9.40. The van der Waals surface area contributed by atoms with Gasteiger partial charge in [-0.3, -0.25) is 0 Å². The summed E-state index contributed by atoms with van der Waals surface area (Å²) in [4.78, 5) is 2.60. The topological polar surface area (TPSA) is 175 Å². The Labute approximate surface area is 774 Å². The first-order valence-electron chi connectivity index (χ1n) is 56.0. The van der Waals surface area contributed by atoms with Crippen LogP contribution in [0.5, 0.6) is 0 Å². The number of rotatable bonds is 37. The number of aliphatic hydroxyl groups excluding tert-OH is 1. The van der Waals surface area contributed by atoms with Crippen molar-refractivity contribution in [3.63, 3.8) is 0 Å². The molecule has 0 saturated heterocycles. The fraction of sp³-hybridized carbons (Fsp3) is 1.00. The molecule has 7 N–H and O–H groups in total. The second-order valence-corrected chi connectivity index (χ2v) is 46.9. The van der Waals surface area contributed by atoms with E-state index in [0.717, 1.165) is 177 Å². The van der Waals surface area contributed by atoms with Crippen LogP contribution < -0.4 is 17.2 Å². The highest BCUT2D eigenvalue weighted by Gasteiger charge is 2.69. The van der Waals surface area contributed by atoms with Crippen molar-refractivity contribution in [2.75, 3.05) is 52.6 Å². The molecule has 0 aliphatic heterocycles. The average molecular weight is 1740 g/mol. The number of aliphatic hydroxyl groups is 1. The van der Waals surface area contributed by atoms with E-state index in [1.807, 2.05) is 13.8 Å². The van der Waals surface area contributed by atoms with Crippen molar-refractivity contribution < 1.29 is 19.3 Å². The van der Waals surface area contributed by atoms with Crippen LogP contribution in [0.4, 0.5) is 0 Å². The molecule has 0 amide bonds. The smallest absolute Gasteiger partial charge is 0.0637 e. The third kappa shape index (κ3) is 28.6. The van der Waals surface area contributed by atoms with Crippen LogP contribution in [-0.4, -0.2) is 76.0 Å². The number of azide groups is 1. The molecule has 10 nitrogen and oxygen atoms in total. The van der Waals surface area contributed by atoms with E-state index in [4.69, 9.17) is 36.9 Å². The van der Waals surface area contributed by atoms with Crippen molar-refractivity contribution in [1.29, 1.82) is 0 Å². The van der Waals surface area contributed by atoms with Gasteiger partial charge in [0.2, 0.25) is 0 Å². The van der Waals surface area contributed by atoms with E-state index in [0.29, 0.717) is 102 Å². The van der Waals surface area contributed by atoms with Crippen LogP contribution in [0.2, 0.25) is 0 Å². The second-order valence-electron chi connectivity index (χ2n) is 46.9. The van der Waals surface area contributed by atoms with Crippen LogP contribution in [0, 0.1) is 175 Å². The number of nitrogens with two attached hydrogens (primary N) is 3.